The lowest BCUT2D eigenvalue weighted by atomic mass is 10.2. The van der Waals surface area contributed by atoms with Crippen LogP contribution in [0.5, 0.6) is 5.75 Å². The Morgan fingerprint density at radius 3 is 2.52 bits per heavy atom. The third-order valence-electron chi connectivity index (χ3n) is 3.08. The van der Waals surface area contributed by atoms with Gasteiger partial charge in [-0.05, 0) is 25.1 Å². The van der Waals surface area contributed by atoms with Gasteiger partial charge in [-0.15, -0.1) is 11.6 Å². The number of methoxy groups -OCH3 is 1. The maximum atomic E-state index is 12.6. The van der Waals surface area contributed by atoms with Crippen molar-refractivity contribution in [2.24, 2.45) is 0 Å². The normalized spacial score (nSPS) is 11.9. The second-order valence-electron chi connectivity index (χ2n) is 4.30. The van der Waals surface area contributed by atoms with Gasteiger partial charge in [-0.25, -0.2) is 8.42 Å². The fourth-order valence-electron chi connectivity index (χ4n) is 1.93. The third kappa shape index (κ3) is 4.57. The van der Waals surface area contributed by atoms with Gasteiger partial charge in [0.25, 0.3) is 0 Å². The fraction of sp³-hybridized carbons (Fsp3) is 0.571. The van der Waals surface area contributed by atoms with Crippen molar-refractivity contribution < 1.29 is 17.9 Å². The molecule has 7 heteroatoms. The molecule has 0 aliphatic heterocycles. The summed E-state index contributed by atoms with van der Waals surface area (Å²) >= 11 is 5.84. The molecule has 1 rings (SSSR count). The molecule has 0 saturated heterocycles. The minimum absolute atomic E-state index is 0.192. The number of alkyl halides is 1. The average molecular weight is 336 g/mol. The van der Waals surface area contributed by atoms with E-state index in [0.29, 0.717) is 37.6 Å². The summed E-state index contributed by atoms with van der Waals surface area (Å²) in [5, 5.41) is 0. The lowest BCUT2D eigenvalue weighted by molar-refractivity contribution is 0.135. The van der Waals surface area contributed by atoms with Gasteiger partial charge in [0.15, 0.2) is 0 Å². The maximum Gasteiger partial charge on any atom is 0.243 e. The van der Waals surface area contributed by atoms with E-state index in [2.05, 4.69) is 0 Å². The van der Waals surface area contributed by atoms with E-state index in [-0.39, 0.29) is 10.8 Å². The highest BCUT2D eigenvalue weighted by atomic mass is 35.5. The standard InChI is InChI=1S/C14H22ClNO4S/c1-4-16(8-9-20-5-2)21(17,18)13-6-7-14(19-3)12(10-13)11-15/h6-7,10H,4-5,8-9,11H2,1-3H3. The summed E-state index contributed by atoms with van der Waals surface area (Å²) in [5.74, 6) is 0.777. The molecule has 5 nitrogen and oxygen atoms in total. The highest BCUT2D eigenvalue weighted by molar-refractivity contribution is 7.89. The van der Waals surface area contributed by atoms with Crippen LogP contribution in [0.15, 0.2) is 23.1 Å². The molecule has 1 aromatic rings. The molecule has 21 heavy (non-hydrogen) atoms. The van der Waals surface area contributed by atoms with E-state index in [1.54, 1.807) is 19.1 Å². The van der Waals surface area contributed by atoms with Gasteiger partial charge in [0.05, 0.1) is 24.5 Å². The first kappa shape index (κ1) is 18.2. The Hall–Kier alpha value is -0.820. The Balaban J connectivity index is 3.05. The van der Waals surface area contributed by atoms with Crippen LogP contribution in [0.4, 0.5) is 0 Å². The van der Waals surface area contributed by atoms with E-state index in [1.807, 2.05) is 6.92 Å². The summed E-state index contributed by atoms with van der Waals surface area (Å²) in [4.78, 5) is 0.220. The lowest BCUT2D eigenvalue weighted by Crippen LogP contribution is -2.34. The number of benzene rings is 1. The predicted molar refractivity (Wildman–Crippen MR) is 83.5 cm³/mol. The summed E-state index contributed by atoms with van der Waals surface area (Å²) in [6.45, 7) is 5.33. The summed E-state index contributed by atoms with van der Waals surface area (Å²) in [6.07, 6.45) is 0. The van der Waals surface area contributed by atoms with Crippen molar-refractivity contribution in [3.05, 3.63) is 23.8 Å². The smallest absolute Gasteiger partial charge is 0.243 e. The SMILES string of the molecule is CCOCCN(CC)S(=O)(=O)c1ccc(OC)c(CCl)c1. The molecule has 0 aliphatic rings. The largest absolute Gasteiger partial charge is 0.496 e. The Morgan fingerprint density at radius 1 is 1.29 bits per heavy atom. The Labute approximate surface area is 131 Å². The lowest BCUT2D eigenvalue weighted by Gasteiger charge is -2.21. The number of sulfonamides is 1. The van der Waals surface area contributed by atoms with Gasteiger partial charge in [0.1, 0.15) is 5.75 Å². The molecular formula is C14H22ClNO4S. The zero-order chi connectivity index (χ0) is 15.9. The van der Waals surface area contributed by atoms with E-state index in [0.717, 1.165) is 0 Å². The summed E-state index contributed by atoms with van der Waals surface area (Å²) < 4.78 is 37.0. The second kappa shape index (κ2) is 8.58. The minimum Gasteiger partial charge on any atom is -0.496 e. The molecule has 0 unspecified atom stereocenters. The number of nitrogens with zero attached hydrogens (tertiary/aromatic N) is 1. The summed E-state index contributed by atoms with van der Waals surface area (Å²) in [5.41, 5.74) is 0.654. The van der Waals surface area contributed by atoms with Crippen molar-refractivity contribution in [2.45, 2.75) is 24.6 Å². The first-order valence-electron chi connectivity index (χ1n) is 6.82. The number of halogens is 1. The zero-order valence-corrected chi connectivity index (χ0v) is 14.2. The zero-order valence-electron chi connectivity index (χ0n) is 12.6. The minimum atomic E-state index is -3.55. The van der Waals surface area contributed by atoms with Crippen LogP contribution in [0.2, 0.25) is 0 Å². The molecular weight excluding hydrogens is 314 g/mol. The molecule has 0 aromatic heterocycles. The van der Waals surface area contributed by atoms with E-state index in [9.17, 15) is 8.42 Å². The molecule has 0 fully saturated rings. The molecule has 0 radical (unpaired) electrons. The topological polar surface area (TPSA) is 55.8 Å². The Kier molecular flexibility index (Phi) is 7.45. The number of rotatable bonds is 9. The first-order valence-corrected chi connectivity index (χ1v) is 8.79. The quantitative estimate of drug-likeness (QED) is 0.514. The number of likely N-dealkylation sites (N-methyl/N-ethyl adjacent to an activating group) is 1. The number of ether oxygens (including phenoxy) is 2. The van der Waals surface area contributed by atoms with E-state index >= 15 is 0 Å². The molecule has 0 heterocycles. The van der Waals surface area contributed by atoms with E-state index < -0.39 is 10.0 Å². The Morgan fingerprint density at radius 2 is 2.00 bits per heavy atom. The second-order valence-corrected chi connectivity index (χ2v) is 6.51. The van der Waals surface area contributed by atoms with Crippen LogP contribution in [-0.2, 0) is 20.6 Å². The van der Waals surface area contributed by atoms with Crippen molar-refractivity contribution in [3.63, 3.8) is 0 Å². The molecule has 0 spiro atoms. The van der Waals surface area contributed by atoms with Crippen LogP contribution >= 0.6 is 11.6 Å². The summed E-state index contributed by atoms with van der Waals surface area (Å²) in [7, 11) is -2.02. The van der Waals surface area contributed by atoms with Gasteiger partial charge in [0, 0.05) is 25.3 Å². The van der Waals surface area contributed by atoms with Crippen molar-refractivity contribution in [1.82, 2.24) is 4.31 Å². The van der Waals surface area contributed by atoms with Crippen LogP contribution in [-0.4, -0.2) is 46.1 Å². The van der Waals surface area contributed by atoms with Crippen LogP contribution in [0.3, 0.4) is 0 Å². The van der Waals surface area contributed by atoms with E-state index in [4.69, 9.17) is 21.1 Å². The van der Waals surface area contributed by atoms with Gasteiger partial charge in [-0.3, -0.25) is 0 Å². The van der Waals surface area contributed by atoms with Crippen molar-refractivity contribution >= 4 is 21.6 Å². The average Bonchev–Trinajstić information content (AvgIpc) is 2.50. The van der Waals surface area contributed by atoms with Gasteiger partial charge in [-0.1, -0.05) is 6.92 Å². The molecule has 0 atom stereocenters. The van der Waals surface area contributed by atoms with Crippen LogP contribution in [0, 0.1) is 0 Å². The molecule has 0 N–H and O–H groups in total. The first-order chi connectivity index (χ1) is 10.0. The molecule has 120 valence electrons. The predicted octanol–water partition coefficient (Wildman–Crippen LogP) is 2.48. The molecule has 0 bridgehead atoms. The van der Waals surface area contributed by atoms with Gasteiger partial charge >= 0.3 is 0 Å². The third-order valence-corrected chi connectivity index (χ3v) is 5.33. The number of hydrogen-bond donors (Lipinski definition) is 0. The molecule has 1 aromatic carbocycles. The van der Waals surface area contributed by atoms with Gasteiger partial charge in [0.2, 0.25) is 10.0 Å². The van der Waals surface area contributed by atoms with Crippen molar-refractivity contribution in [2.75, 3.05) is 33.4 Å². The highest BCUT2D eigenvalue weighted by Gasteiger charge is 2.23. The fourth-order valence-corrected chi connectivity index (χ4v) is 3.62. The van der Waals surface area contributed by atoms with Crippen LogP contribution < -0.4 is 4.74 Å². The maximum absolute atomic E-state index is 12.6. The Bertz CT molecular complexity index is 548. The van der Waals surface area contributed by atoms with Gasteiger partial charge < -0.3 is 9.47 Å². The summed E-state index contributed by atoms with van der Waals surface area (Å²) in [6, 6.07) is 4.72. The van der Waals surface area contributed by atoms with E-state index in [1.165, 1.54) is 17.5 Å². The highest BCUT2D eigenvalue weighted by Crippen LogP contribution is 2.25. The van der Waals surface area contributed by atoms with Crippen LogP contribution in [0.1, 0.15) is 19.4 Å². The number of hydrogen-bond acceptors (Lipinski definition) is 4. The van der Waals surface area contributed by atoms with Crippen LogP contribution in [0.25, 0.3) is 0 Å². The molecule has 0 amide bonds. The van der Waals surface area contributed by atoms with Gasteiger partial charge in [-0.2, -0.15) is 4.31 Å². The molecule has 0 aliphatic carbocycles. The van der Waals surface area contributed by atoms with Crippen molar-refractivity contribution in [3.8, 4) is 5.75 Å². The van der Waals surface area contributed by atoms with Crippen molar-refractivity contribution in [1.29, 1.82) is 0 Å². The molecule has 0 saturated carbocycles. The monoisotopic (exact) mass is 335 g/mol.